The smallest absolute Gasteiger partial charge is 0.294 e. The van der Waals surface area contributed by atoms with E-state index in [0.29, 0.717) is 16.3 Å². The Hall–Kier alpha value is -2.35. The summed E-state index contributed by atoms with van der Waals surface area (Å²) in [7, 11) is 0. The number of nitrogens with zero attached hydrogens (tertiary/aromatic N) is 3. The molecule has 0 saturated heterocycles. The Labute approximate surface area is 125 Å². The molecule has 0 aliphatic carbocycles. The minimum absolute atomic E-state index is 0.140. The van der Waals surface area contributed by atoms with Gasteiger partial charge in [-0.25, -0.2) is 9.37 Å². The summed E-state index contributed by atoms with van der Waals surface area (Å²) >= 11 is 3.27. The second-order valence-electron chi connectivity index (χ2n) is 4.22. The van der Waals surface area contributed by atoms with Crippen LogP contribution < -0.4 is 0 Å². The molecule has 3 rings (SSSR count). The van der Waals surface area contributed by atoms with E-state index in [0.717, 1.165) is 6.07 Å². The maximum atomic E-state index is 14.0. The molecule has 0 aliphatic heterocycles. The van der Waals surface area contributed by atoms with Crippen molar-refractivity contribution in [2.45, 2.75) is 0 Å². The number of nitro groups is 1. The molecule has 0 fully saturated rings. The van der Waals surface area contributed by atoms with E-state index in [2.05, 4.69) is 20.9 Å². The van der Waals surface area contributed by atoms with E-state index in [4.69, 9.17) is 0 Å². The highest BCUT2D eigenvalue weighted by Gasteiger charge is 2.22. The molecular formula is C13H6BrF2N3O2. The number of fused-ring (bicyclic) bond motifs is 1. The first-order valence-corrected chi connectivity index (χ1v) is 6.54. The predicted molar refractivity (Wildman–Crippen MR) is 74.9 cm³/mol. The van der Waals surface area contributed by atoms with Gasteiger partial charge in [0.2, 0.25) is 5.82 Å². The van der Waals surface area contributed by atoms with E-state index < -0.39 is 22.2 Å². The molecule has 0 amide bonds. The van der Waals surface area contributed by atoms with Crippen molar-refractivity contribution >= 4 is 27.3 Å². The Morgan fingerprint density at radius 1 is 1.24 bits per heavy atom. The Balaban J connectivity index is 2.30. The van der Waals surface area contributed by atoms with Gasteiger partial charge >= 0.3 is 5.69 Å². The van der Waals surface area contributed by atoms with Crippen LogP contribution in [0.2, 0.25) is 0 Å². The zero-order valence-electron chi connectivity index (χ0n) is 10.3. The maximum absolute atomic E-state index is 14.0. The van der Waals surface area contributed by atoms with Gasteiger partial charge in [0.15, 0.2) is 0 Å². The largest absolute Gasteiger partial charge is 0.305 e. The molecule has 21 heavy (non-hydrogen) atoms. The van der Waals surface area contributed by atoms with Gasteiger partial charge in [-0.05, 0) is 28.1 Å². The minimum atomic E-state index is -1.22. The summed E-state index contributed by atoms with van der Waals surface area (Å²) < 4.78 is 29.4. The van der Waals surface area contributed by atoms with Crippen molar-refractivity contribution in [3.8, 4) is 11.3 Å². The van der Waals surface area contributed by atoms with Gasteiger partial charge < -0.3 is 0 Å². The van der Waals surface area contributed by atoms with Crippen LogP contribution in [0, 0.1) is 21.7 Å². The van der Waals surface area contributed by atoms with Crippen LogP contribution in [0.4, 0.5) is 14.5 Å². The third-order valence-corrected chi connectivity index (χ3v) is 3.72. The number of hydrogen-bond donors (Lipinski definition) is 0. The van der Waals surface area contributed by atoms with Crippen LogP contribution in [-0.4, -0.2) is 14.3 Å². The molecule has 0 atom stereocenters. The van der Waals surface area contributed by atoms with Crippen molar-refractivity contribution in [3.05, 3.63) is 62.9 Å². The number of rotatable bonds is 2. The maximum Gasteiger partial charge on any atom is 0.305 e. The van der Waals surface area contributed by atoms with Crippen molar-refractivity contribution in [2.75, 3.05) is 0 Å². The Kier molecular flexibility index (Phi) is 3.17. The fourth-order valence-electron chi connectivity index (χ4n) is 2.00. The Bertz CT molecular complexity index is 879. The highest BCUT2D eigenvalue weighted by Crippen LogP contribution is 2.33. The van der Waals surface area contributed by atoms with Gasteiger partial charge in [0, 0.05) is 23.9 Å². The van der Waals surface area contributed by atoms with Crippen molar-refractivity contribution in [2.24, 2.45) is 0 Å². The van der Waals surface area contributed by atoms with Crippen molar-refractivity contribution in [1.29, 1.82) is 0 Å². The fraction of sp³-hybridized carbons (Fsp3) is 0. The van der Waals surface area contributed by atoms with Gasteiger partial charge in [-0.2, -0.15) is 4.39 Å². The number of imidazole rings is 1. The summed E-state index contributed by atoms with van der Waals surface area (Å²) in [6, 6.07) is 6.54. The second-order valence-corrected chi connectivity index (χ2v) is 4.97. The normalized spacial score (nSPS) is 11.0. The molecule has 0 aliphatic rings. The zero-order chi connectivity index (χ0) is 15.1. The van der Waals surface area contributed by atoms with E-state index in [1.807, 2.05) is 0 Å². The first kappa shape index (κ1) is 13.6. The molecule has 0 spiro atoms. The van der Waals surface area contributed by atoms with Gasteiger partial charge in [0.05, 0.1) is 4.92 Å². The zero-order valence-corrected chi connectivity index (χ0v) is 11.8. The van der Waals surface area contributed by atoms with Crippen LogP contribution in [0.15, 0.2) is 41.1 Å². The summed E-state index contributed by atoms with van der Waals surface area (Å²) in [4.78, 5) is 14.1. The van der Waals surface area contributed by atoms with E-state index in [9.17, 15) is 18.9 Å². The molecule has 2 aromatic heterocycles. The van der Waals surface area contributed by atoms with Gasteiger partial charge in [-0.15, -0.1) is 0 Å². The topological polar surface area (TPSA) is 60.4 Å². The highest BCUT2D eigenvalue weighted by atomic mass is 79.9. The summed E-state index contributed by atoms with van der Waals surface area (Å²) in [5.41, 5.74) is -0.235. The molecular weight excluding hydrogens is 348 g/mol. The van der Waals surface area contributed by atoms with Gasteiger partial charge in [0.1, 0.15) is 21.8 Å². The monoisotopic (exact) mass is 353 g/mol. The number of pyridine rings is 1. The lowest BCUT2D eigenvalue weighted by molar-refractivity contribution is -0.387. The molecule has 0 saturated carbocycles. The summed E-state index contributed by atoms with van der Waals surface area (Å²) in [6.45, 7) is 0. The standard InChI is InChI=1S/C13H6BrF2N3O2/c14-13-12(17-11-3-1-2-4-18(11)13)7-5-10(19(20)21)9(16)6-8(7)15/h1-6H. The van der Waals surface area contributed by atoms with Crippen molar-refractivity contribution < 1.29 is 13.7 Å². The lowest BCUT2D eigenvalue weighted by atomic mass is 10.1. The van der Waals surface area contributed by atoms with Crippen LogP contribution in [0.5, 0.6) is 0 Å². The van der Waals surface area contributed by atoms with Crippen LogP contribution in [0.1, 0.15) is 0 Å². The average molecular weight is 354 g/mol. The number of halogens is 3. The molecule has 0 bridgehead atoms. The minimum Gasteiger partial charge on any atom is -0.294 e. The molecule has 2 heterocycles. The Morgan fingerprint density at radius 3 is 2.67 bits per heavy atom. The summed E-state index contributed by atoms with van der Waals surface area (Å²) in [6.07, 6.45) is 1.70. The van der Waals surface area contributed by atoms with Crippen molar-refractivity contribution in [3.63, 3.8) is 0 Å². The number of nitro benzene ring substituents is 1. The molecule has 0 N–H and O–H groups in total. The van der Waals surface area contributed by atoms with Crippen molar-refractivity contribution in [1.82, 2.24) is 9.38 Å². The first-order chi connectivity index (χ1) is 9.99. The SMILES string of the molecule is O=[N+]([O-])c1cc(-c2nc3ccccn3c2Br)c(F)cc1F. The van der Waals surface area contributed by atoms with Crippen LogP contribution in [0.25, 0.3) is 16.9 Å². The van der Waals surface area contributed by atoms with Gasteiger partial charge in [-0.1, -0.05) is 6.07 Å². The predicted octanol–water partition coefficient (Wildman–Crippen LogP) is 3.95. The third-order valence-electron chi connectivity index (χ3n) is 2.96. The van der Waals surface area contributed by atoms with E-state index in [-0.39, 0.29) is 11.3 Å². The summed E-state index contributed by atoms with van der Waals surface area (Å²) in [5.74, 6) is -2.14. The lowest BCUT2D eigenvalue weighted by Gasteiger charge is -2.02. The van der Waals surface area contributed by atoms with E-state index in [1.54, 1.807) is 28.8 Å². The number of benzene rings is 1. The second kappa shape index (κ2) is 4.88. The Morgan fingerprint density at radius 2 is 2.00 bits per heavy atom. The summed E-state index contributed by atoms with van der Waals surface area (Å²) in [5, 5.41) is 10.8. The average Bonchev–Trinajstić information content (AvgIpc) is 2.76. The molecule has 8 heteroatoms. The third kappa shape index (κ3) is 2.17. The molecule has 0 radical (unpaired) electrons. The van der Waals surface area contributed by atoms with Gasteiger partial charge in [0.25, 0.3) is 0 Å². The molecule has 0 unspecified atom stereocenters. The lowest BCUT2D eigenvalue weighted by Crippen LogP contribution is -1.96. The number of aromatic nitrogens is 2. The van der Waals surface area contributed by atoms with E-state index in [1.165, 1.54) is 0 Å². The number of hydrogen-bond acceptors (Lipinski definition) is 3. The van der Waals surface area contributed by atoms with Crippen LogP contribution in [-0.2, 0) is 0 Å². The molecule has 106 valence electrons. The molecule has 3 aromatic rings. The van der Waals surface area contributed by atoms with Crippen LogP contribution in [0.3, 0.4) is 0 Å². The highest BCUT2D eigenvalue weighted by molar-refractivity contribution is 9.10. The first-order valence-electron chi connectivity index (χ1n) is 5.75. The van der Waals surface area contributed by atoms with Crippen LogP contribution >= 0.6 is 15.9 Å². The van der Waals surface area contributed by atoms with Gasteiger partial charge in [-0.3, -0.25) is 14.5 Å². The fourth-order valence-corrected chi connectivity index (χ4v) is 2.60. The molecule has 1 aromatic carbocycles. The quantitative estimate of drug-likeness (QED) is 0.517. The molecule has 5 nitrogen and oxygen atoms in total. The van der Waals surface area contributed by atoms with E-state index >= 15 is 0 Å².